The summed E-state index contributed by atoms with van der Waals surface area (Å²) in [4.78, 5) is 4.58. The number of nitrogens with zero attached hydrogens (tertiary/aromatic N) is 1. The number of hydrogen-bond donors (Lipinski definition) is 2. The number of fused-ring (bicyclic) bond motifs is 1. The van der Waals surface area contributed by atoms with Gasteiger partial charge >= 0.3 is 0 Å². The molecule has 0 spiro atoms. The van der Waals surface area contributed by atoms with E-state index in [1.165, 1.54) is 12.8 Å². The number of aliphatic hydroxyl groups excluding tert-OH is 1. The molecule has 20 heavy (non-hydrogen) atoms. The van der Waals surface area contributed by atoms with Crippen molar-refractivity contribution in [3.05, 3.63) is 35.4 Å². The van der Waals surface area contributed by atoms with Crippen molar-refractivity contribution in [1.29, 1.82) is 0 Å². The first-order chi connectivity index (χ1) is 9.72. The molecule has 1 heterocycles. The van der Waals surface area contributed by atoms with Crippen LogP contribution in [0.3, 0.4) is 0 Å². The zero-order valence-corrected chi connectivity index (χ0v) is 12.2. The van der Waals surface area contributed by atoms with Gasteiger partial charge < -0.3 is 10.4 Å². The molecule has 1 fully saturated rings. The number of halogens is 1. The summed E-state index contributed by atoms with van der Waals surface area (Å²) >= 11 is 6.18. The molecule has 2 N–H and O–H groups in total. The second-order valence-electron chi connectivity index (χ2n) is 5.73. The molecule has 0 saturated heterocycles. The molecule has 106 valence electrons. The van der Waals surface area contributed by atoms with E-state index in [0.29, 0.717) is 5.02 Å². The summed E-state index contributed by atoms with van der Waals surface area (Å²) in [6, 6.07) is 9.78. The van der Waals surface area contributed by atoms with Crippen LogP contribution >= 0.6 is 11.6 Å². The van der Waals surface area contributed by atoms with Crippen LogP contribution in [0.25, 0.3) is 10.9 Å². The van der Waals surface area contributed by atoms with E-state index >= 15 is 0 Å². The molecular weight excluding hydrogens is 272 g/mol. The summed E-state index contributed by atoms with van der Waals surface area (Å²) in [6.07, 6.45) is 4.59. The minimum Gasteiger partial charge on any atom is -0.396 e. The zero-order chi connectivity index (χ0) is 14.0. The molecule has 2 aromatic rings. The van der Waals surface area contributed by atoms with Gasteiger partial charge in [0.25, 0.3) is 0 Å². The molecule has 3 nitrogen and oxygen atoms in total. The van der Waals surface area contributed by atoms with E-state index in [-0.39, 0.29) is 12.0 Å². The van der Waals surface area contributed by atoms with Gasteiger partial charge in [-0.15, -0.1) is 0 Å². The third-order valence-corrected chi connectivity index (χ3v) is 4.62. The number of benzene rings is 1. The molecule has 1 aliphatic carbocycles. The van der Waals surface area contributed by atoms with Gasteiger partial charge in [-0.25, -0.2) is 4.98 Å². The first-order valence-electron chi connectivity index (χ1n) is 7.12. The smallest absolute Gasteiger partial charge is 0.126 e. The quantitative estimate of drug-likeness (QED) is 0.899. The van der Waals surface area contributed by atoms with E-state index in [0.717, 1.165) is 36.1 Å². The predicted molar refractivity (Wildman–Crippen MR) is 83.2 cm³/mol. The van der Waals surface area contributed by atoms with Crippen molar-refractivity contribution in [3.8, 4) is 0 Å². The molecule has 4 heteroatoms. The van der Waals surface area contributed by atoms with Crippen LogP contribution in [-0.4, -0.2) is 23.2 Å². The van der Waals surface area contributed by atoms with Crippen molar-refractivity contribution in [2.45, 2.75) is 25.7 Å². The largest absolute Gasteiger partial charge is 0.396 e. The maximum atomic E-state index is 9.63. The molecule has 3 rings (SSSR count). The van der Waals surface area contributed by atoms with E-state index in [2.05, 4.69) is 10.3 Å². The van der Waals surface area contributed by atoms with E-state index in [1.807, 2.05) is 30.3 Å². The van der Waals surface area contributed by atoms with Gasteiger partial charge in [0.15, 0.2) is 0 Å². The Hall–Kier alpha value is -1.32. The molecule has 1 aliphatic rings. The molecule has 0 atom stereocenters. The van der Waals surface area contributed by atoms with Gasteiger partial charge in [0.2, 0.25) is 0 Å². The van der Waals surface area contributed by atoms with Crippen LogP contribution < -0.4 is 5.32 Å². The van der Waals surface area contributed by atoms with Crippen LogP contribution in [0.5, 0.6) is 0 Å². The predicted octanol–water partition coefficient (Wildman–Crippen LogP) is 3.85. The molecule has 1 aromatic heterocycles. The number of hydrogen-bond acceptors (Lipinski definition) is 3. The van der Waals surface area contributed by atoms with Crippen LogP contribution in [0.15, 0.2) is 30.3 Å². The van der Waals surface area contributed by atoms with Crippen molar-refractivity contribution >= 4 is 28.3 Å². The summed E-state index contributed by atoms with van der Waals surface area (Å²) in [7, 11) is 0. The average molecular weight is 291 g/mol. The first-order valence-corrected chi connectivity index (χ1v) is 7.50. The Morgan fingerprint density at radius 1 is 1.20 bits per heavy atom. The highest BCUT2D eigenvalue weighted by Gasteiger charge is 2.32. The van der Waals surface area contributed by atoms with E-state index in [9.17, 15) is 5.11 Å². The standard InChI is InChI=1S/C16H19ClN2O/c17-13-5-3-4-12-6-7-14(19-15(12)13)18-10-16(11-20)8-1-2-9-16/h3-7,20H,1-2,8-11H2,(H,18,19). The minimum absolute atomic E-state index is 0.0249. The SMILES string of the molecule is OCC1(CNc2ccc3cccc(Cl)c3n2)CCCC1. The Bertz CT molecular complexity index is 608. The molecule has 0 radical (unpaired) electrons. The van der Waals surface area contributed by atoms with E-state index in [1.54, 1.807) is 0 Å². The molecular formula is C16H19ClN2O. The lowest BCUT2D eigenvalue weighted by Crippen LogP contribution is -2.30. The lowest BCUT2D eigenvalue weighted by Gasteiger charge is -2.26. The van der Waals surface area contributed by atoms with Crippen LogP contribution in [0, 0.1) is 5.41 Å². The lowest BCUT2D eigenvalue weighted by atomic mass is 9.87. The Morgan fingerprint density at radius 2 is 2.00 bits per heavy atom. The van der Waals surface area contributed by atoms with Crippen LogP contribution in [-0.2, 0) is 0 Å². The third kappa shape index (κ3) is 2.60. The summed E-state index contributed by atoms with van der Waals surface area (Å²) in [5, 5.41) is 14.7. The van der Waals surface area contributed by atoms with Gasteiger partial charge in [-0.3, -0.25) is 0 Å². The summed E-state index contributed by atoms with van der Waals surface area (Å²) in [5.74, 6) is 0.824. The Balaban J connectivity index is 1.79. The second kappa shape index (κ2) is 5.58. The Labute approximate surface area is 124 Å². The summed E-state index contributed by atoms with van der Waals surface area (Å²) in [6.45, 7) is 1.01. The second-order valence-corrected chi connectivity index (χ2v) is 6.13. The number of aromatic nitrogens is 1. The Kier molecular flexibility index (Phi) is 3.81. The van der Waals surface area contributed by atoms with Gasteiger partial charge in [0, 0.05) is 17.3 Å². The maximum absolute atomic E-state index is 9.63. The van der Waals surface area contributed by atoms with Gasteiger partial charge in [0.05, 0.1) is 17.1 Å². The van der Waals surface area contributed by atoms with Gasteiger partial charge in [-0.1, -0.05) is 36.6 Å². The topological polar surface area (TPSA) is 45.1 Å². The number of nitrogens with one attached hydrogen (secondary N) is 1. The monoisotopic (exact) mass is 290 g/mol. The molecule has 1 aromatic carbocycles. The fraction of sp³-hybridized carbons (Fsp3) is 0.438. The fourth-order valence-corrected chi connectivity index (χ4v) is 3.23. The normalized spacial score (nSPS) is 17.5. The van der Waals surface area contributed by atoms with Crippen molar-refractivity contribution in [1.82, 2.24) is 4.98 Å². The van der Waals surface area contributed by atoms with E-state index < -0.39 is 0 Å². The average Bonchev–Trinajstić information content (AvgIpc) is 2.95. The van der Waals surface area contributed by atoms with Crippen LogP contribution in [0.2, 0.25) is 5.02 Å². The molecule has 1 saturated carbocycles. The number of anilines is 1. The van der Waals surface area contributed by atoms with Crippen molar-refractivity contribution in [3.63, 3.8) is 0 Å². The zero-order valence-electron chi connectivity index (χ0n) is 11.4. The Morgan fingerprint density at radius 3 is 2.75 bits per heavy atom. The number of aliphatic hydroxyl groups is 1. The molecule has 0 amide bonds. The van der Waals surface area contributed by atoms with Gasteiger partial charge in [-0.2, -0.15) is 0 Å². The molecule has 0 unspecified atom stereocenters. The molecule has 0 bridgehead atoms. The highest BCUT2D eigenvalue weighted by atomic mass is 35.5. The van der Waals surface area contributed by atoms with Crippen LogP contribution in [0.4, 0.5) is 5.82 Å². The van der Waals surface area contributed by atoms with Crippen molar-refractivity contribution in [2.24, 2.45) is 5.41 Å². The fourth-order valence-electron chi connectivity index (χ4n) is 3.00. The van der Waals surface area contributed by atoms with Crippen LogP contribution in [0.1, 0.15) is 25.7 Å². The molecule has 0 aliphatic heterocycles. The number of rotatable bonds is 4. The first kappa shape index (κ1) is 13.7. The van der Waals surface area contributed by atoms with Crippen molar-refractivity contribution in [2.75, 3.05) is 18.5 Å². The lowest BCUT2D eigenvalue weighted by molar-refractivity contribution is 0.142. The van der Waals surface area contributed by atoms with Crippen molar-refractivity contribution < 1.29 is 5.11 Å². The van der Waals surface area contributed by atoms with E-state index in [4.69, 9.17) is 11.6 Å². The number of pyridine rings is 1. The van der Waals surface area contributed by atoms with Gasteiger partial charge in [-0.05, 0) is 31.0 Å². The highest BCUT2D eigenvalue weighted by molar-refractivity contribution is 6.35. The summed E-state index contributed by atoms with van der Waals surface area (Å²) < 4.78 is 0. The summed E-state index contributed by atoms with van der Waals surface area (Å²) in [5.41, 5.74) is 0.848. The van der Waals surface area contributed by atoms with Gasteiger partial charge in [0.1, 0.15) is 5.82 Å². The highest BCUT2D eigenvalue weighted by Crippen LogP contribution is 2.37. The number of para-hydroxylation sites is 1. The maximum Gasteiger partial charge on any atom is 0.126 e. The third-order valence-electron chi connectivity index (χ3n) is 4.32. The minimum atomic E-state index is 0.0249.